The molecule has 1 heterocycles. The van der Waals surface area contributed by atoms with Crippen molar-refractivity contribution in [3.63, 3.8) is 0 Å². The summed E-state index contributed by atoms with van der Waals surface area (Å²) in [4.78, 5) is 12.6. The zero-order valence-corrected chi connectivity index (χ0v) is 10.8. The number of amides is 1. The molecule has 0 aromatic carbocycles. The zero-order chi connectivity index (χ0) is 12.1. The van der Waals surface area contributed by atoms with Gasteiger partial charge in [-0.3, -0.25) is 4.79 Å². The zero-order valence-electron chi connectivity index (χ0n) is 9.19. The number of thiocarbonyl (C=S) groups is 1. The summed E-state index contributed by atoms with van der Waals surface area (Å²) in [6.07, 6.45) is 1.68. The number of rotatable bonds is 5. The minimum absolute atomic E-state index is 0.209. The molecule has 3 N–H and O–H groups in total. The van der Waals surface area contributed by atoms with Gasteiger partial charge in [-0.2, -0.15) is 0 Å². The first-order valence-electron chi connectivity index (χ1n) is 4.97. The highest BCUT2D eigenvalue weighted by atomic mass is 32.1. The minimum Gasteiger partial charge on any atom is -0.392 e. The summed E-state index contributed by atoms with van der Waals surface area (Å²) in [5, 5.41) is 6.63. The Balaban J connectivity index is 2.72. The first-order valence-corrected chi connectivity index (χ1v) is 6.15. The van der Waals surface area contributed by atoms with Gasteiger partial charge in [-0.25, -0.2) is 0 Å². The molecule has 1 unspecified atom stereocenters. The number of hydrogen-bond donors (Lipinski definition) is 2. The van der Waals surface area contributed by atoms with E-state index in [1.807, 2.05) is 6.92 Å². The van der Waals surface area contributed by atoms with Crippen LogP contribution in [0.4, 0.5) is 0 Å². The molecule has 16 heavy (non-hydrogen) atoms. The summed E-state index contributed by atoms with van der Waals surface area (Å²) in [6, 6.07) is -0.320. The van der Waals surface area contributed by atoms with Gasteiger partial charge in [-0.05, 0) is 24.9 Å². The quantitative estimate of drug-likeness (QED) is 0.767. The molecule has 88 valence electrons. The van der Waals surface area contributed by atoms with Crippen LogP contribution in [-0.2, 0) is 6.42 Å². The molecule has 0 spiro atoms. The van der Waals surface area contributed by atoms with Crippen LogP contribution in [0.3, 0.4) is 0 Å². The van der Waals surface area contributed by atoms with Crippen LogP contribution in [0.15, 0.2) is 0 Å². The van der Waals surface area contributed by atoms with Gasteiger partial charge in [0, 0.05) is 0 Å². The fourth-order valence-corrected chi connectivity index (χ4v) is 1.78. The molecule has 0 saturated heterocycles. The molecule has 1 aromatic rings. The van der Waals surface area contributed by atoms with E-state index in [0.717, 1.165) is 30.1 Å². The van der Waals surface area contributed by atoms with Crippen LogP contribution in [0.1, 0.15) is 35.6 Å². The molecule has 0 aliphatic carbocycles. The third-order valence-corrected chi connectivity index (χ3v) is 3.14. The monoisotopic (exact) mass is 258 g/mol. The number of aryl methyl sites for hydroxylation is 1. The van der Waals surface area contributed by atoms with E-state index in [2.05, 4.69) is 14.9 Å². The van der Waals surface area contributed by atoms with Crippen molar-refractivity contribution in [2.24, 2.45) is 5.73 Å². The van der Waals surface area contributed by atoms with Gasteiger partial charge in [-0.1, -0.05) is 30.1 Å². The van der Waals surface area contributed by atoms with Gasteiger partial charge in [0.15, 0.2) is 0 Å². The van der Waals surface area contributed by atoms with Crippen molar-refractivity contribution in [2.75, 3.05) is 0 Å². The smallest absolute Gasteiger partial charge is 0.265 e. The van der Waals surface area contributed by atoms with E-state index in [-0.39, 0.29) is 16.9 Å². The van der Waals surface area contributed by atoms with Crippen molar-refractivity contribution in [3.05, 3.63) is 10.6 Å². The number of nitrogens with zero attached hydrogens (tertiary/aromatic N) is 2. The first-order chi connectivity index (χ1) is 7.56. The van der Waals surface area contributed by atoms with E-state index in [1.54, 1.807) is 6.92 Å². The Morgan fingerprint density at radius 1 is 1.69 bits per heavy atom. The lowest BCUT2D eigenvalue weighted by molar-refractivity contribution is 0.0952. The molecule has 1 aromatic heterocycles. The fraction of sp³-hybridized carbons (Fsp3) is 0.556. The highest BCUT2D eigenvalue weighted by Crippen LogP contribution is 2.12. The van der Waals surface area contributed by atoms with E-state index in [4.69, 9.17) is 18.0 Å². The molecule has 0 saturated carbocycles. The Labute approximate surface area is 104 Å². The van der Waals surface area contributed by atoms with E-state index in [1.165, 1.54) is 0 Å². The van der Waals surface area contributed by atoms with Crippen LogP contribution in [-0.4, -0.2) is 26.5 Å². The van der Waals surface area contributed by atoms with Gasteiger partial charge in [0.2, 0.25) is 0 Å². The summed E-state index contributed by atoms with van der Waals surface area (Å²) in [5.41, 5.74) is 6.16. The maximum absolute atomic E-state index is 11.8. The van der Waals surface area contributed by atoms with Crippen LogP contribution >= 0.6 is 23.8 Å². The highest BCUT2D eigenvalue weighted by Gasteiger charge is 2.18. The fourth-order valence-electron chi connectivity index (χ4n) is 1.11. The van der Waals surface area contributed by atoms with Gasteiger partial charge < -0.3 is 11.1 Å². The molecule has 1 rings (SSSR count). The molecule has 0 aliphatic heterocycles. The molecule has 0 radical (unpaired) electrons. The average Bonchev–Trinajstić information content (AvgIpc) is 2.66. The van der Waals surface area contributed by atoms with Crippen molar-refractivity contribution >= 4 is 34.6 Å². The Morgan fingerprint density at radius 3 is 2.94 bits per heavy atom. The number of nitrogens with two attached hydrogens (primary N) is 1. The second-order valence-electron chi connectivity index (χ2n) is 3.40. The molecule has 1 amide bonds. The average molecular weight is 258 g/mol. The van der Waals surface area contributed by atoms with Crippen LogP contribution in [0, 0.1) is 0 Å². The molecule has 7 heteroatoms. The van der Waals surface area contributed by atoms with Gasteiger partial charge in [-0.15, -0.1) is 5.10 Å². The topological polar surface area (TPSA) is 80.9 Å². The summed E-state index contributed by atoms with van der Waals surface area (Å²) >= 11 is 5.88. The van der Waals surface area contributed by atoms with Crippen LogP contribution in [0.2, 0.25) is 0 Å². The van der Waals surface area contributed by atoms with Crippen molar-refractivity contribution < 1.29 is 4.79 Å². The Morgan fingerprint density at radius 2 is 2.38 bits per heavy atom. The number of nitrogens with one attached hydrogen (secondary N) is 1. The lowest BCUT2D eigenvalue weighted by Gasteiger charge is -2.11. The summed E-state index contributed by atoms with van der Waals surface area (Å²) < 4.78 is 3.78. The predicted octanol–water partition coefficient (Wildman–Crippen LogP) is 0.895. The number of carbonyl (C=O) groups excluding carboxylic acids is 1. The van der Waals surface area contributed by atoms with Crippen LogP contribution < -0.4 is 11.1 Å². The predicted molar refractivity (Wildman–Crippen MR) is 67.6 cm³/mol. The largest absolute Gasteiger partial charge is 0.392 e. The van der Waals surface area contributed by atoms with E-state index < -0.39 is 0 Å². The lowest BCUT2D eigenvalue weighted by atomic mass is 10.2. The van der Waals surface area contributed by atoms with Crippen molar-refractivity contribution in [2.45, 2.75) is 32.7 Å². The van der Waals surface area contributed by atoms with Gasteiger partial charge in [0.1, 0.15) is 4.88 Å². The van der Waals surface area contributed by atoms with Crippen molar-refractivity contribution in [1.82, 2.24) is 14.9 Å². The van der Waals surface area contributed by atoms with E-state index in [9.17, 15) is 4.79 Å². The number of hydrogen-bond acceptors (Lipinski definition) is 5. The van der Waals surface area contributed by atoms with E-state index in [0.29, 0.717) is 4.88 Å². The Bertz CT molecular complexity index is 391. The number of aromatic nitrogens is 2. The van der Waals surface area contributed by atoms with Crippen molar-refractivity contribution in [3.8, 4) is 0 Å². The molecular weight excluding hydrogens is 244 g/mol. The second kappa shape index (κ2) is 5.86. The Hall–Kier alpha value is -1.08. The Kier molecular flexibility index (Phi) is 4.75. The molecule has 0 fully saturated rings. The lowest BCUT2D eigenvalue weighted by Crippen LogP contribution is -2.41. The van der Waals surface area contributed by atoms with Gasteiger partial charge >= 0.3 is 0 Å². The molecule has 0 aliphatic rings. The number of carbonyl (C=O) groups is 1. The molecule has 5 nitrogen and oxygen atoms in total. The minimum atomic E-state index is -0.320. The summed E-state index contributed by atoms with van der Waals surface area (Å²) in [6.45, 7) is 3.77. The molecule has 0 bridgehead atoms. The highest BCUT2D eigenvalue weighted by molar-refractivity contribution is 7.80. The van der Waals surface area contributed by atoms with Gasteiger partial charge in [0.05, 0.1) is 16.7 Å². The maximum atomic E-state index is 11.8. The molecular formula is C9H14N4OS2. The summed E-state index contributed by atoms with van der Waals surface area (Å²) in [7, 11) is 0. The van der Waals surface area contributed by atoms with Gasteiger partial charge in [0.25, 0.3) is 5.91 Å². The van der Waals surface area contributed by atoms with Crippen molar-refractivity contribution in [1.29, 1.82) is 0 Å². The first kappa shape index (κ1) is 13.0. The third-order valence-electron chi connectivity index (χ3n) is 2.02. The SMILES string of the molecule is CCCc1nnsc1C(=O)NC(C)C(N)=S. The summed E-state index contributed by atoms with van der Waals surface area (Å²) in [5.74, 6) is -0.209. The second-order valence-corrected chi connectivity index (χ2v) is 4.62. The van der Waals surface area contributed by atoms with E-state index >= 15 is 0 Å². The third kappa shape index (κ3) is 3.21. The van der Waals surface area contributed by atoms with Crippen LogP contribution in [0.5, 0.6) is 0 Å². The molecule has 1 atom stereocenters. The maximum Gasteiger partial charge on any atom is 0.265 e. The van der Waals surface area contributed by atoms with Crippen LogP contribution in [0.25, 0.3) is 0 Å². The normalized spacial score (nSPS) is 12.1. The standard InChI is InChI=1S/C9H14N4OS2/c1-3-4-6-7(16-13-12-6)9(14)11-5(2)8(10)15/h5H,3-4H2,1-2H3,(H2,10,15)(H,11,14).